The van der Waals surface area contributed by atoms with Gasteiger partial charge >= 0.3 is 11.8 Å². The fraction of sp³-hybridized carbons (Fsp3) is 0.235. The van der Waals surface area contributed by atoms with Crippen LogP contribution in [-0.4, -0.2) is 36.0 Å². The summed E-state index contributed by atoms with van der Waals surface area (Å²) in [5, 5.41) is 6.03. The minimum atomic E-state index is -0.722. The van der Waals surface area contributed by atoms with Crippen molar-refractivity contribution in [3.8, 4) is 0 Å². The molecule has 0 saturated heterocycles. The standard InChI is InChI=1S/C17H19N3O2/c1-3-20(4-2)17(22)16(21)19-18-12-14-10-7-9-13-8-5-6-11-15(13)14/h5-12H,3-4H2,1-2H3,(H,19,21). The summed E-state index contributed by atoms with van der Waals surface area (Å²) in [4.78, 5) is 25.0. The quantitative estimate of drug-likeness (QED) is 0.534. The Morgan fingerprint density at radius 3 is 2.50 bits per heavy atom. The highest BCUT2D eigenvalue weighted by Crippen LogP contribution is 2.16. The molecule has 0 fully saturated rings. The predicted octanol–water partition coefficient (Wildman–Crippen LogP) is 2.16. The summed E-state index contributed by atoms with van der Waals surface area (Å²) in [5.74, 6) is -1.29. The lowest BCUT2D eigenvalue weighted by Gasteiger charge is -2.16. The third-order valence-corrected chi connectivity index (χ3v) is 3.44. The molecule has 22 heavy (non-hydrogen) atoms. The van der Waals surface area contributed by atoms with Crippen LogP contribution in [0.4, 0.5) is 0 Å². The number of benzene rings is 2. The van der Waals surface area contributed by atoms with Crippen molar-refractivity contribution < 1.29 is 9.59 Å². The molecule has 0 aliphatic carbocycles. The molecule has 0 radical (unpaired) electrons. The molecule has 2 aromatic rings. The van der Waals surface area contributed by atoms with Crippen LogP contribution in [0.3, 0.4) is 0 Å². The number of fused-ring (bicyclic) bond motifs is 1. The van der Waals surface area contributed by atoms with Gasteiger partial charge in [0, 0.05) is 18.7 Å². The van der Waals surface area contributed by atoms with Crippen molar-refractivity contribution in [2.24, 2.45) is 5.10 Å². The second-order valence-electron chi connectivity index (χ2n) is 4.74. The van der Waals surface area contributed by atoms with E-state index in [-0.39, 0.29) is 0 Å². The highest BCUT2D eigenvalue weighted by atomic mass is 16.2. The minimum Gasteiger partial charge on any atom is -0.335 e. The molecule has 114 valence electrons. The highest BCUT2D eigenvalue weighted by molar-refractivity contribution is 6.35. The molecule has 0 spiro atoms. The molecule has 2 aromatic carbocycles. The molecule has 2 rings (SSSR count). The lowest BCUT2D eigenvalue weighted by molar-refractivity contribution is -0.145. The van der Waals surface area contributed by atoms with E-state index in [4.69, 9.17) is 0 Å². The number of hydrazone groups is 1. The lowest BCUT2D eigenvalue weighted by Crippen LogP contribution is -2.41. The molecule has 5 nitrogen and oxygen atoms in total. The van der Waals surface area contributed by atoms with Crippen molar-refractivity contribution in [2.75, 3.05) is 13.1 Å². The molecule has 0 aliphatic rings. The number of likely N-dealkylation sites (N-methyl/N-ethyl adjacent to an activating group) is 1. The van der Waals surface area contributed by atoms with Crippen LogP contribution in [0.1, 0.15) is 19.4 Å². The summed E-state index contributed by atoms with van der Waals surface area (Å²) < 4.78 is 0. The molecule has 0 bridgehead atoms. The SMILES string of the molecule is CCN(CC)C(=O)C(=O)NN=Cc1cccc2ccccc12. The maximum Gasteiger partial charge on any atom is 0.329 e. The molecule has 1 N–H and O–H groups in total. The number of hydrogen-bond acceptors (Lipinski definition) is 3. The third kappa shape index (κ3) is 3.49. The summed E-state index contributed by atoms with van der Waals surface area (Å²) in [6.45, 7) is 4.65. The second kappa shape index (κ2) is 7.36. The van der Waals surface area contributed by atoms with Crippen molar-refractivity contribution in [3.05, 3.63) is 48.0 Å². The molecule has 5 heteroatoms. The van der Waals surface area contributed by atoms with E-state index in [1.165, 1.54) is 4.90 Å². The van der Waals surface area contributed by atoms with E-state index in [2.05, 4.69) is 10.5 Å². The van der Waals surface area contributed by atoms with Gasteiger partial charge in [0.1, 0.15) is 0 Å². The van der Waals surface area contributed by atoms with Gasteiger partial charge in [-0.15, -0.1) is 0 Å². The van der Waals surface area contributed by atoms with Crippen LogP contribution in [0, 0.1) is 0 Å². The van der Waals surface area contributed by atoms with Crippen LogP contribution in [0.2, 0.25) is 0 Å². The van der Waals surface area contributed by atoms with Crippen molar-refractivity contribution in [1.82, 2.24) is 10.3 Å². The summed E-state index contributed by atoms with van der Waals surface area (Å²) in [6.07, 6.45) is 1.55. The highest BCUT2D eigenvalue weighted by Gasteiger charge is 2.18. The number of carbonyl (C=O) groups excluding carboxylic acids is 2. The number of nitrogens with zero attached hydrogens (tertiary/aromatic N) is 2. The maximum atomic E-state index is 11.8. The summed E-state index contributed by atoms with van der Waals surface area (Å²) in [5.41, 5.74) is 3.17. The Morgan fingerprint density at radius 1 is 1.09 bits per heavy atom. The van der Waals surface area contributed by atoms with Gasteiger partial charge in [-0.1, -0.05) is 42.5 Å². The topological polar surface area (TPSA) is 61.8 Å². The Bertz CT molecular complexity index is 701. The van der Waals surface area contributed by atoms with Gasteiger partial charge in [-0.05, 0) is 24.6 Å². The first-order valence-corrected chi connectivity index (χ1v) is 7.27. The van der Waals surface area contributed by atoms with Crippen LogP contribution in [0.25, 0.3) is 10.8 Å². The molecule has 0 atom stereocenters. The van der Waals surface area contributed by atoms with Gasteiger partial charge in [0.25, 0.3) is 0 Å². The monoisotopic (exact) mass is 297 g/mol. The number of amides is 2. The minimum absolute atomic E-state index is 0.496. The van der Waals surface area contributed by atoms with Gasteiger partial charge in [-0.3, -0.25) is 9.59 Å². The van der Waals surface area contributed by atoms with Crippen molar-refractivity contribution in [3.63, 3.8) is 0 Å². The van der Waals surface area contributed by atoms with Gasteiger partial charge in [0.15, 0.2) is 0 Å². The summed E-state index contributed by atoms with van der Waals surface area (Å²) in [7, 11) is 0. The van der Waals surface area contributed by atoms with E-state index in [1.807, 2.05) is 56.3 Å². The Morgan fingerprint density at radius 2 is 1.77 bits per heavy atom. The van der Waals surface area contributed by atoms with Crippen LogP contribution < -0.4 is 5.43 Å². The van der Waals surface area contributed by atoms with Crippen molar-refractivity contribution >= 4 is 28.8 Å². The van der Waals surface area contributed by atoms with E-state index in [9.17, 15) is 9.59 Å². The Kier molecular flexibility index (Phi) is 5.25. The molecule has 2 amide bonds. The number of nitrogens with one attached hydrogen (secondary N) is 1. The van der Waals surface area contributed by atoms with Gasteiger partial charge in [-0.25, -0.2) is 5.43 Å². The van der Waals surface area contributed by atoms with Gasteiger partial charge in [0.2, 0.25) is 0 Å². The smallest absolute Gasteiger partial charge is 0.329 e. The fourth-order valence-electron chi connectivity index (χ4n) is 2.23. The average Bonchev–Trinajstić information content (AvgIpc) is 2.56. The fourth-order valence-corrected chi connectivity index (χ4v) is 2.23. The van der Waals surface area contributed by atoms with Crippen molar-refractivity contribution in [1.29, 1.82) is 0 Å². The molecular formula is C17H19N3O2. The first kappa shape index (κ1) is 15.7. The zero-order chi connectivity index (χ0) is 15.9. The van der Waals surface area contributed by atoms with Gasteiger partial charge < -0.3 is 4.90 Å². The average molecular weight is 297 g/mol. The van der Waals surface area contributed by atoms with E-state index >= 15 is 0 Å². The van der Waals surface area contributed by atoms with Crippen LogP contribution in [0.15, 0.2) is 47.6 Å². The Hall–Kier alpha value is -2.69. The molecule has 0 unspecified atom stereocenters. The van der Waals surface area contributed by atoms with Crippen LogP contribution in [0.5, 0.6) is 0 Å². The van der Waals surface area contributed by atoms with E-state index < -0.39 is 11.8 Å². The number of hydrogen-bond donors (Lipinski definition) is 1. The second-order valence-corrected chi connectivity index (χ2v) is 4.74. The summed E-state index contributed by atoms with van der Waals surface area (Å²) >= 11 is 0. The lowest BCUT2D eigenvalue weighted by atomic mass is 10.1. The third-order valence-electron chi connectivity index (χ3n) is 3.44. The first-order chi connectivity index (χ1) is 10.7. The predicted molar refractivity (Wildman–Crippen MR) is 87.6 cm³/mol. The number of carbonyl (C=O) groups is 2. The zero-order valence-corrected chi connectivity index (χ0v) is 12.7. The van der Waals surface area contributed by atoms with E-state index in [0.29, 0.717) is 13.1 Å². The first-order valence-electron chi connectivity index (χ1n) is 7.27. The van der Waals surface area contributed by atoms with Gasteiger partial charge in [0.05, 0.1) is 6.21 Å². The van der Waals surface area contributed by atoms with Crippen LogP contribution >= 0.6 is 0 Å². The molecule has 0 saturated carbocycles. The molecule has 0 heterocycles. The van der Waals surface area contributed by atoms with E-state index in [1.54, 1.807) is 6.21 Å². The largest absolute Gasteiger partial charge is 0.335 e. The maximum absolute atomic E-state index is 11.8. The number of rotatable bonds is 4. The Balaban J connectivity index is 2.09. The molecular weight excluding hydrogens is 278 g/mol. The summed E-state index contributed by atoms with van der Waals surface area (Å²) in [6, 6.07) is 13.7. The normalized spacial score (nSPS) is 10.8. The van der Waals surface area contributed by atoms with Gasteiger partial charge in [-0.2, -0.15) is 5.10 Å². The Labute approximate surface area is 129 Å². The van der Waals surface area contributed by atoms with E-state index in [0.717, 1.165) is 16.3 Å². The van der Waals surface area contributed by atoms with Crippen molar-refractivity contribution in [2.45, 2.75) is 13.8 Å². The zero-order valence-electron chi connectivity index (χ0n) is 12.7. The molecule has 0 aromatic heterocycles. The molecule has 0 aliphatic heterocycles. The van der Waals surface area contributed by atoms with Crippen LogP contribution in [-0.2, 0) is 9.59 Å².